The summed E-state index contributed by atoms with van der Waals surface area (Å²) in [6, 6.07) is 0.216. The van der Waals surface area contributed by atoms with Crippen LogP contribution >= 0.6 is 0 Å². The molecule has 1 aromatic heterocycles. The van der Waals surface area contributed by atoms with E-state index in [2.05, 4.69) is 61.8 Å². The second kappa shape index (κ2) is 7.85. The SMILES string of the molecule is CC1=N[C@@H]2C=CC=C[C@H]2C1=CNNc1nc(N2CCCC2)nc(N2CCCC2)n1. The summed E-state index contributed by atoms with van der Waals surface area (Å²) in [5.74, 6) is 2.41. The summed E-state index contributed by atoms with van der Waals surface area (Å²) < 4.78 is 0. The Kier molecular flexibility index (Phi) is 4.91. The number of aromatic nitrogens is 3. The number of rotatable bonds is 5. The number of anilines is 3. The van der Waals surface area contributed by atoms with E-state index in [1.54, 1.807) is 0 Å². The number of fused-ring (bicyclic) bond motifs is 1. The summed E-state index contributed by atoms with van der Waals surface area (Å²) in [5.41, 5.74) is 8.64. The van der Waals surface area contributed by atoms with Crippen molar-refractivity contribution >= 4 is 23.6 Å². The number of allylic oxidation sites excluding steroid dienone is 2. The van der Waals surface area contributed by atoms with E-state index in [9.17, 15) is 0 Å². The highest BCUT2D eigenvalue weighted by Gasteiger charge is 2.29. The third-order valence-corrected chi connectivity index (χ3v) is 6.03. The number of hydrogen-bond donors (Lipinski definition) is 2. The molecule has 0 aromatic carbocycles. The lowest BCUT2D eigenvalue weighted by molar-refractivity contribution is 0.700. The molecule has 0 radical (unpaired) electrons. The minimum absolute atomic E-state index is 0.216. The second-order valence-corrected chi connectivity index (χ2v) is 8.02. The van der Waals surface area contributed by atoms with E-state index < -0.39 is 0 Å². The van der Waals surface area contributed by atoms with E-state index in [4.69, 9.17) is 9.98 Å². The van der Waals surface area contributed by atoms with Crippen LogP contribution < -0.4 is 20.7 Å². The van der Waals surface area contributed by atoms with Gasteiger partial charge in [0.2, 0.25) is 17.8 Å². The Labute approximate surface area is 171 Å². The molecule has 29 heavy (non-hydrogen) atoms. The van der Waals surface area contributed by atoms with Crippen LogP contribution in [-0.4, -0.2) is 52.9 Å². The fourth-order valence-electron chi connectivity index (χ4n) is 4.45. The van der Waals surface area contributed by atoms with Crippen LogP contribution in [0.2, 0.25) is 0 Å². The van der Waals surface area contributed by atoms with Crippen molar-refractivity contribution in [1.29, 1.82) is 0 Å². The first-order chi connectivity index (χ1) is 14.3. The summed E-state index contributed by atoms with van der Waals surface area (Å²) >= 11 is 0. The maximum Gasteiger partial charge on any atom is 0.248 e. The van der Waals surface area contributed by atoms with E-state index in [1.165, 1.54) is 31.3 Å². The Balaban J connectivity index is 1.34. The van der Waals surface area contributed by atoms with E-state index in [-0.39, 0.29) is 6.04 Å². The van der Waals surface area contributed by atoms with Gasteiger partial charge in [-0.2, -0.15) is 15.0 Å². The summed E-state index contributed by atoms with van der Waals surface area (Å²) in [7, 11) is 0. The minimum Gasteiger partial charge on any atom is -0.341 e. The molecule has 0 unspecified atom stereocenters. The Bertz CT molecular complexity index is 840. The van der Waals surface area contributed by atoms with Crippen LogP contribution in [0.4, 0.5) is 17.8 Å². The quantitative estimate of drug-likeness (QED) is 0.745. The van der Waals surface area contributed by atoms with Crippen molar-refractivity contribution in [2.75, 3.05) is 41.4 Å². The van der Waals surface area contributed by atoms with Crippen LogP contribution in [0.5, 0.6) is 0 Å². The van der Waals surface area contributed by atoms with E-state index in [0.29, 0.717) is 11.9 Å². The number of hydrogen-bond acceptors (Lipinski definition) is 8. The van der Waals surface area contributed by atoms with Crippen molar-refractivity contribution < 1.29 is 0 Å². The van der Waals surface area contributed by atoms with Gasteiger partial charge in [-0.15, -0.1) is 0 Å². The molecule has 2 N–H and O–H groups in total. The Hall–Kier alpha value is -2.90. The molecule has 4 heterocycles. The van der Waals surface area contributed by atoms with Crippen LogP contribution in [0.1, 0.15) is 32.6 Å². The monoisotopic (exact) mass is 392 g/mol. The highest BCUT2D eigenvalue weighted by Crippen LogP contribution is 2.31. The van der Waals surface area contributed by atoms with Crippen molar-refractivity contribution in [2.45, 2.75) is 38.6 Å². The zero-order chi connectivity index (χ0) is 19.6. The summed E-state index contributed by atoms with van der Waals surface area (Å²) in [6.45, 7) is 6.11. The lowest BCUT2D eigenvalue weighted by Crippen LogP contribution is -2.27. The standard InChI is InChI=1S/C21H28N8/c1-15-17(16-8-2-3-9-18(16)23-15)14-22-27-19-24-20(28-10-4-5-11-28)26-21(25-19)29-12-6-7-13-29/h2-3,8-9,14,16,18,22H,4-7,10-13H2,1H3,(H,24,25,26,27)/t16-,18+/m0/s1. The van der Waals surface area contributed by atoms with Crippen molar-refractivity contribution in [3.05, 3.63) is 36.1 Å². The maximum atomic E-state index is 4.76. The van der Waals surface area contributed by atoms with Gasteiger partial charge in [0.1, 0.15) is 0 Å². The lowest BCUT2D eigenvalue weighted by atomic mass is 9.90. The highest BCUT2D eigenvalue weighted by molar-refractivity contribution is 6.01. The van der Waals surface area contributed by atoms with Gasteiger partial charge in [-0.3, -0.25) is 10.4 Å². The predicted octanol–water partition coefficient (Wildman–Crippen LogP) is 2.46. The summed E-state index contributed by atoms with van der Waals surface area (Å²) in [6.07, 6.45) is 15.3. The molecule has 152 valence electrons. The van der Waals surface area contributed by atoms with Crippen LogP contribution in [0.25, 0.3) is 0 Å². The fourth-order valence-corrected chi connectivity index (χ4v) is 4.45. The number of hydrazine groups is 1. The van der Waals surface area contributed by atoms with Gasteiger partial charge in [-0.25, -0.2) is 0 Å². The molecular weight excluding hydrogens is 364 g/mol. The average Bonchev–Trinajstić information content (AvgIpc) is 3.50. The Morgan fingerprint density at radius 2 is 1.52 bits per heavy atom. The summed E-state index contributed by atoms with van der Waals surface area (Å²) in [5, 5.41) is 0. The van der Waals surface area contributed by atoms with E-state index in [1.807, 2.05) is 6.20 Å². The van der Waals surface area contributed by atoms with E-state index in [0.717, 1.165) is 43.8 Å². The minimum atomic E-state index is 0.216. The van der Waals surface area contributed by atoms with Crippen molar-refractivity contribution in [2.24, 2.45) is 10.9 Å². The van der Waals surface area contributed by atoms with Gasteiger partial charge in [0.25, 0.3) is 0 Å². The molecule has 8 heteroatoms. The molecule has 1 aliphatic carbocycles. The first-order valence-electron chi connectivity index (χ1n) is 10.7. The first kappa shape index (κ1) is 18.1. The molecular formula is C21H28N8. The normalized spacial score (nSPS) is 26.9. The molecule has 8 nitrogen and oxygen atoms in total. The molecule has 5 rings (SSSR count). The molecule has 0 amide bonds. The van der Waals surface area contributed by atoms with Gasteiger partial charge >= 0.3 is 0 Å². The van der Waals surface area contributed by atoms with Crippen molar-refractivity contribution in [3.8, 4) is 0 Å². The van der Waals surface area contributed by atoms with Crippen molar-refractivity contribution in [3.63, 3.8) is 0 Å². The van der Waals surface area contributed by atoms with Crippen LogP contribution in [-0.2, 0) is 0 Å². The fraction of sp³-hybridized carbons (Fsp3) is 0.524. The average molecular weight is 393 g/mol. The topological polar surface area (TPSA) is 81.6 Å². The van der Waals surface area contributed by atoms with Gasteiger partial charge < -0.3 is 15.2 Å². The van der Waals surface area contributed by atoms with Crippen LogP contribution in [0.3, 0.4) is 0 Å². The maximum absolute atomic E-state index is 4.76. The molecule has 4 aliphatic rings. The second-order valence-electron chi connectivity index (χ2n) is 8.02. The largest absolute Gasteiger partial charge is 0.341 e. The summed E-state index contributed by atoms with van der Waals surface area (Å²) in [4.78, 5) is 23.3. The predicted molar refractivity (Wildman–Crippen MR) is 116 cm³/mol. The zero-order valence-corrected chi connectivity index (χ0v) is 16.9. The molecule has 2 fully saturated rings. The first-order valence-corrected chi connectivity index (χ1v) is 10.7. The van der Waals surface area contributed by atoms with Gasteiger partial charge in [-0.05, 0) is 38.2 Å². The Morgan fingerprint density at radius 1 is 0.897 bits per heavy atom. The third kappa shape index (κ3) is 3.71. The van der Waals surface area contributed by atoms with Gasteiger partial charge in [0, 0.05) is 44.0 Å². The molecule has 3 aliphatic heterocycles. The van der Waals surface area contributed by atoms with Crippen LogP contribution in [0, 0.1) is 5.92 Å². The lowest BCUT2D eigenvalue weighted by Gasteiger charge is -2.21. The molecule has 0 saturated carbocycles. The van der Waals surface area contributed by atoms with Gasteiger partial charge in [-0.1, -0.05) is 24.3 Å². The number of nitrogens with one attached hydrogen (secondary N) is 2. The van der Waals surface area contributed by atoms with E-state index >= 15 is 0 Å². The molecule has 2 saturated heterocycles. The molecule has 0 spiro atoms. The Morgan fingerprint density at radius 3 is 2.17 bits per heavy atom. The van der Waals surface area contributed by atoms with Crippen LogP contribution in [0.15, 0.2) is 41.1 Å². The van der Waals surface area contributed by atoms with Gasteiger partial charge in [0.15, 0.2) is 0 Å². The third-order valence-electron chi connectivity index (χ3n) is 6.03. The van der Waals surface area contributed by atoms with Crippen molar-refractivity contribution in [1.82, 2.24) is 20.4 Å². The highest BCUT2D eigenvalue weighted by atomic mass is 15.4. The van der Waals surface area contributed by atoms with Gasteiger partial charge in [0.05, 0.1) is 6.04 Å². The smallest absolute Gasteiger partial charge is 0.248 e. The number of nitrogens with zero attached hydrogens (tertiary/aromatic N) is 6. The number of aliphatic imine (C=N–C) groups is 1. The zero-order valence-electron chi connectivity index (χ0n) is 16.9. The molecule has 2 atom stereocenters. The molecule has 1 aromatic rings. The molecule has 0 bridgehead atoms.